The van der Waals surface area contributed by atoms with Crippen LogP contribution in [0.1, 0.15) is 55.0 Å². The molecule has 2 aromatic rings. The van der Waals surface area contributed by atoms with E-state index < -0.39 is 0 Å². The molecule has 23 heavy (non-hydrogen) atoms. The molecule has 0 radical (unpaired) electrons. The van der Waals surface area contributed by atoms with Gasteiger partial charge in [-0.1, -0.05) is 10.3 Å². The van der Waals surface area contributed by atoms with Gasteiger partial charge in [0.25, 0.3) is 0 Å². The molecule has 1 saturated carbocycles. The molecule has 2 fully saturated rings. The van der Waals surface area contributed by atoms with Crippen LogP contribution in [0.25, 0.3) is 0 Å². The van der Waals surface area contributed by atoms with Crippen LogP contribution in [0.4, 0.5) is 0 Å². The predicted octanol–water partition coefficient (Wildman–Crippen LogP) is 1.39. The highest BCUT2D eigenvalue weighted by Crippen LogP contribution is 2.38. The molecule has 8 nitrogen and oxygen atoms in total. The van der Waals surface area contributed by atoms with Gasteiger partial charge in [-0.05, 0) is 39.2 Å². The van der Waals surface area contributed by atoms with Crippen molar-refractivity contribution >= 4 is 0 Å². The summed E-state index contributed by atoms with van der Waals surface area (Å²) in [5, 5.41) is 11.4. The van der Waals surface area contributed by atoms with Crippen molar-refractivity contribution in [3.05, 3.63) is 23.4 Å². The summed E-state index contributed by atoms with van der Waals surface area (Å²) >= 11 is 0. The molecular weight excluding hydrogens is 296 g/mol. The molecule has 0 aromatic carbocycles. The van der Waals surface area contributed by atoms with E-state index in [0.29, 0.717) is 30.2 Å². The molecule has 1 saturated heterocycles. The van der Waals surface area contributed by atoms with E-state index in [1.54, 1.807) is 0 Å². The van der Waals surface area contributed by atoms with Crippen LogP contribution in [-0.4, -0.2) is 44.3 Å². The van der Waals surface area contributed by atoms with Gasteiger partial charge in [0, 0.05) is 18.5 Å². The van der Waals surface area contributed by atoms with Crippen molar-refractivity contribution in [2.45, 2.75) is 57.7 Å². The van der Waals surface area contributed by atoms with Crippen molar-refractivity contribution in [2.24, 2.45) is 0 Å². The Morgan fingerprint density at radius 2 is 2.09 bits per heavy atom. The predicted molar refractivity (Wildman–Crippen MR) is 80.4 cm³/mol. The fourth-order valence-electron chi connectivity index (χ4n) is 3.04. The third-order valence-electron chi connectivity index (χ3n) is 4.39. The highest BCUT2D eigenvalue weighted by Gasteiger charge is 2.30. The van der Waals surface area contributed by atoms with Gasteiger partial charge in [-0.3, -0.25) is 4.90 Å². The molecule has 2 aliphatic rings. The van der Waals surface area contributed by atoms with E-state index in [0.717, 1.165) is 44.2 Å². The summed E-state index contributed by atoms with van der Waals surface area (Å²) in [5.41, 5.74) is 0. The number of aromatic nitrogens is 4. The van der Waals surface area contributed by atoms with E-state index in [4.69, 9.17) is 9.05 Å². The van der Waals surface area contributed by atoms with Crippen LogP contribution in [0.5, 0.6) is 0 Å². The number of piperidine rings is 1. The van der Waals surface area contributed by atoms with E-state index in [-0.39, 0.29) is 0 Å². The summed E-state index contributed by atoms with van der Waals surface area (Å²) in [6.45, 7) is 5.25. The number of rotatable bonds is 6. The Balaban J connectivity index is 1.27. The van der Waals surface area contributed by atoms with Gasteiger partial charge in [-0.25, -0.2) is 0 Å². The second-order valence-electron chi connectivity index (χ2n) is 6.51. The topological polar surface area (TPSA) is 93.1 Å². The Bertz CT molecular complexity index is 650. The zero-order valence-electron chi connectivity index (χ0n) is 13.4. The first-order chi connectivity index (χ1) is 11.3. The van der Waals surface area contributed by atoms with Crippen LogP contribution < -0.4 is 5.32 Å². The smallest absolute Gasteiger partial charge is 0.240 e. The SMILES string of the molecule is Cc1noc(CNC2CCCN(Cc3noc(C4CC4)n3)C2)n1. The van der Waals surface area contributed by atoms with Gasteiger partial charge in [0.15, 0.2) is 11.6 Å². The Morgan fingerprint density at radius 3 is 2.87 bits per heavy atom. The van der Waals surface area contributed by atoms with Crippen LogP contribution in [0.15, 0.2) is 9.05 Å². The lowest BCUT2D eigenvalue weighted by Crippen LogP contribution is -2.45. The molecule has 0 amide bonds. The van der Waals surface area contributed by atoms with Gasteiger partial charge in [-0.15, -0.1) is 0 Å². The van der Waals surface area contributed by atoms with Crippen LogP contribution in [-0.2, 0) is 13.1 Å². The lowest BCUT2D eigenvalue weighted by molar-refractivity contribution is 0.174. The number of likely N-dealkylation sites (tertiary alicyclic amines) is 1. The first-order valence-electron chi connectivity index (χ1n) is 8.33. The summed E-state index contributed by atoms with van der Waals surface area (Å²) in [6, 6.07) is 0.422. The van der Waals surface area contributed by atoms with Crippen molar-refractivity contribution in [1.29, 1.82) is 0 Å². The molecule has 3 heterocycles. The minimum Gasteiger partial charge on any atom is -0.339 e. The molecule has 0 spiro atoms. The van der Waals surface area contributed by atoms with Gasteiger partial charge in [-0.2, -0.15) is 9.97 Å². The third kappa shape index (κ3) is 3.76. The second kappa shape index (κ2) is 6.37. The average Bonchev–Trinajstić information content (AvgIpc) is 3.16. The molecule has 4 rings (SSSR count). The normalized spacial score (nSPS) is 22.6. The maximum Gasteiger partial charge on any atom is 0.240 e. The molecular formula is C15H22N6O2. The van der Waals surface area contributed by atoms with E-state index in [1.165, 1.54) is 12.8 Å². The van der Waals surface area contributed by atoms with Crippen LogP contribution in [0, 0.1) is 6.92 Å². The van der Waals surface area contributed by atoms with E-state index in [2.05, 4.69) is 30.5 Å². The molecule has 1 unspecified atom stereocenters. The zero-order valence-corrected chi connectivity index (χ0v) is 13.4. The summed E-state index contributed by atoms with van der Waals surface area (Å²) in [5.74, 6) is 3.46. The molecule has 2 aromatic heterocycles. The lowest BCUT2D eigenvalue weighted by atomic mass is 10.1. The Hall–Kier alpha value is -1.80. The minimum atomic E-state index is 0.422. The molecule has 0 bridgehead atoms. The number of hydrogen-bond acceptors (Lipinski definition) is 8. The third-order valence-corrected chi connectivity index (χ3v) is 4.39. The van der Waals surface area contributed by atoms with Crippen LogP contribution in [0.3, 0.4) is 0 Å². The summed E-state index contributed by atoms with van der Waals surface area (Å²) in [7, 11) is 0. The highest BCUT2D eigenvalue weighted by molar-refractivity contribution is 5.01. The monoisotopic (exact) mass is 318 g/mol. The Labute approximate surface area is 134 Å². The number of hydrogen-bond donors (Lipinski definition) is 1. The summed E-state index contributed by atoms with van der Waals surface area (Å²) in [4.78, 5) is 11.1. The van der Waals surface area contributed by atoms with Crippen molar-refractivity contribution in [2.75, 3.05) is 13.1 Å². The average molecular weight is 318 g/mol. The van der Waals surface area contributed by atoms with E-state index >= 15 is 0 Å². The van der Waals surface area contributed by atoms with Crippen molar-refractivity contribution in [1.82, 2.24) is 30.5 Å². The molecule has 8 heteroatoms. The largest absolute Gasteiger partial charge is 0.339 e. The van der Waals surface area contributed by atoms with Crippen molar-refractivity contribution in [3.63, 3.8) is 0 Å². The lowest BCUT2D eigenvalue weighted by Gasteiger charge is -2.32. The number of nitrogens with zero attached hydrogens (tertiary/aromatic N) is 5. The standard InChI is InChI=1S/C15H22N6O2/c1-10-17-14(22-19-10)7-16-12-3-2-6-21(8-12)9-13-18-15(23-20-13)11-4-5-11/h11-12,16H,2-9H2,1H3. The fourth-order valence-corrected chi connectivity index (χ4v) is 3.04. The fraction of sp³-hybridized carbons (Fsp3) is 0.733. The quantitative estimate of drug-likeness (QED) is 0.854. The maximum absolute atomic E-state index is 5.33. The highest BCUT2D eigenvalue weighted by atomic mass is 16.5. The molecule has 1 aliphatic heterocycles. The minimum absolute atomic E-state index is 0.422. The summed E-state index contributed by atoms with van der Waals surface area (Å²) < 4.78 is 10.5. The first-order valence-corrected chi connectivity index (χ1v) is 8.33. The van der Waals surface area contributed by atoms with Crippen LogP contribution >= 0.6 is 0 Å². The molecule has 1 atom stereocenters. The van der Waals surface area contributed by atoms with Gasteiger partial charge in [0.1, 0.15) is 0 Å². The van der Waals surface area contributed by atoms with Gasteiger partial charge in [0.2, 0.25) is 11.8 Å². The van der Waals surface area contributed by atoms with E-state index in [9.17, 15) is 0 Å². The van der Waals surface area contributed by atoms with Gasteiger partial charge < -0.3 is 14.4 Å². The Morgan fingerprint density at radius 1 is 1.17 bits per heavy atom. The van der Waals surface area contributed by atoms with Crippen molar-refractivity contribution in [3.8, 4) is 0 Å². The molecule has 124 valence electrons. The molecule has 1 N–H and O–H groups in total. The van der Waals surface area contributed by atoms with Crippen LogP contribution in [0.2, 0.25) is 0 Å². The summed E-state index contributed by atoms with van der Waals surface area (Å²) in [6.07, 6.45) is 4.69. The van der Waals surface area contributed by atoms with Gasteiger partial charge in [0.05, 0.1) is 13.1 Å². The molecule has 1 aliphatic carbocycles. The number of aryl methyl sites for hydroxylation is 1. The Kier molecular flexibility index (Phi) is 4.09. The maximum atomic E-state index is 5.33. The van der Waals surface area contributed by atoms with Crippen molar-refractivity contribution < 1.29 is 9.05 Å². The van der Waals surface area contributed by atoms with Gasteiger partial charge >= 0.3 is 0 Å². The zero-order chi connectivity index (χ0) is 15.6. The first kappa shape index (κ1) is 14.8. The van der Waals surface area contributed by atoms with E-state index in [1.807, 2.05) is 6.92 Å². The number of nitrogens with one attached hydrogen (secondary N) is 1. The second-order valence-corrected chi connectivity index (χ2v) is 6.51.